The van der Waals surface area contributed by atoms with Crippen LogP contribution < -0.4 is 4.74 Å². The molecule has 0 heterocycles. The zero-order valence-electron chi connectivity index (χ0n) is 10.7. The van der Waals surface area contributed by atoms with Crippen molar-refractivity contribution in [3.05, 3.63) is 28.2 Å². The molecule has 0 saturated heterocycles. The van der Waals surface area contributed by atoms with E-state index in [1.165, 1.54) is 0 Å². The fraction of sp³-hybridized carbons (Fsp3) is 0.462. The van der Waals surface area contributed by atoms with Crippen LogP contribution in [0.4, 0.5) is 0 Å². The number of amides is 1. The Morgan fingerprint density at radius 1 is 1.50 bits per heavy atom. The summed E-state index contributed by atoms with van der Waals surface area (Å²) < 4.78 is 5.91. The normalized spacial score (nSPS) is 10.6. The van der Waals surface area contributed by atoms with Crippen molar-refractivity contribution in [1.82, 2.24) is 4.90 Å². The zero-order valence-corrected chi connectivity index (χ0v) is 13.1. The van der Waals surface area contributed by atoms with Gasteiger partial charge in [-0.25, -0.2) is 0 Å². The van der Waals surface area contributed by atoms with Crippen LogP contribution in [0.15, 0.2) is 22.7 Å². The summed E-state index contributed by atoms with van der Waals surface area (Å²) in [4.78, 5) is 14.1. The molecule has 1 amide bonds. The van der Waals surface area contributed by atoms with Crippen molar-refractivity contribution >= 4 is 33.4 Å². The van der Waals surface area contributed by atoms with E-state index in [1.807, 2.05) is 13.8 Å². The summed E-state index contributed by atoms with van der Waals surface area (Å²) in [5.41, 5.74) is 0.626. The van der Waals surface area contributed by atoms with Crippen LogP contribution in [0.25, 0.3) is 0 Å². The summed E-state index contributed by atoms with van der Waals surface area (Å²) in [5, 5.41) is 0. The van der Waals surface area contributed by atoms with E-state index in [-0.39, 0.29) is 11.9 Å². The predicted molar refractivity (Wildman–Crippen MR) is 77.6 cm³/mol. The number of nitrogens with zero attached hydrogens (tertiary/aromatic N) is 1. The summed E-state index contributed by atoms with van der Waals surface area (Å²) in [7, 11) is 1.59. The van der Waals surface area contributed by atoms with E-state index in [2.05, 4.69) is 15.9 Å². The summed E-state index contributed by atoms with van der Waals surface area (Å²) >= 11 is 9.11. The monoisotopic (exact) mass is 333 g/mol. The van der Waals surface area contributed by atoms with Crippen LogP contribution in [0.3, 0.4) is 0 Å². The molecule has 3 nitrogen and oxygen atoms in total. The Hall–Kier alpha value is -0.740. The Morgan fingerprint density at radius 3 is 2.61 bits per heavy atom. The van der Waals surface area contributed by atoms with Gasteiger partial charge in [0.05, 0.1) is 11.6 Å². The SMILES string of the molecule is COc1ccc(C(=O)N(CCCl)C(C)C)cc1Br. The highest BCUT2D eigenvalue weighted by Crippen LogP contribution is 2.26. The molecular weight excluding hydrogens is 318 g/mol. The third kappa shape index (κ3) is 3.62. The molecule has 0 saturated carbocycles. The van der Waals surface area contributed by atoms with Gasteiger partial charge in [0.2, 0.25) is 0 Å². The van der Waals surface area contributed by atoms with Crippen LogP contribution in [-0.2, 0) is 0 Å². The molecule has 0 aliphatic heterocycles. The maximum absolute atomic E-state index is 12.3. The first-order valence-electron chi connectivity index (χ1n) is 5.71. The van der Waals surface area contributed by atoms with Gasteiger partial charge in [0.1, 0.15) is 5.75 Å². The largest absolute Gasteiger partial charge is 0.496 e. The first-order valence-corrected chi connectivity index (χ1v) is 7.04. The molecule has 0 bridgehead atoms. The number of carbonyl (C=O) groups is 1. The van der Waals surface area contributed by atoms with Gasteiger partial charge in [-0.05, 0) is 48.0 Å². The lowest BCUT2D eigenvalue weighted by Crippen LogP contribution is -2.38. The Kier molecular flexibility index (Phi) is 5.96. The van der Waals surface area contributed by atoms with Gasteiger partial charge >= 0.3 is 0 Å². The molecule has 18 heavy (non-hydrogen) atoms. The van der Waals surface area contributed by atoms with Gasteiger partial charge in [-0.15, -0.1) is 11.6 Å². The molecule has 1 rings (SSSR count). The first-order chi connectivity index (χ1) is 8.51. The van der Waals surface area contributed by atoms with Crippen LogP contribution in [-0.4, -0.2) is 36.4 Å². The Labute approximate surface area is 121 Å². The molecule has 5 heteroatoms. The van der Waals surface area contributed by atoms with Crippen LogP contribution in [0.5, 0.6) is 5.75 Å². The van der Waals surface area contributed by atoms with Crippen molar-refractivity contribution in [2.45, 2.75) is 19.9 Å². The molecule has 0 atom stereocenters. The number of hydrogen-bond donors (Lipinski definition) is 0. The minimum absolute atomic E-state index is 0.0194. The molecule has 0 radical (unpaired) electrons. The van der Waals surface area contributed by atoms with Crippen molar-refractivity contribution in [3.63, 3.8) is 0 Å². The highest BCUT2D eigenvalue weighted by Gasteiger charge is 2.18. The standard InChI is InChI=1S/C13H17BrClNO2/c1-9(2)16(7-6-15)13(17)10-4-5-12(18-3)11(14)8-10/h4-5,8-9H,6-7H2,1-3H3. The number of ether oxygens (including phenoxy) is 1. The summed E-state index contributed by atoms with van der Waals surface area (Å²) in [6.45, 7) is 4.49. The third-order valence-corrected chi connectivity index (χ3v) is 3.40. The molecule has 0 aliphatic carbocycles. The zero-order chi connectivity index (χ0) is 13.7. The Balaban J connectivity index is 2.98. The molecule has 1 aromatic rings. The number of halogens is 2. The molecular formula is C13H17BrClNO2. The molecule has 0 fully saturated rings. The van der Waals surface area contributed by atoms with Gasteiger partial charge in [0.15, 0.2) is 0 Å². The summed E-state index contributed by atoms with van der Waals surface area (Å²) in [6, 6.07) is 5.42. The van der Waals surface area contributed by atoms with Gasteiger partial charge in [0.25, 0.3) is 5.91 Å². The second-order valence-corrected chi connectivity index (χ2v) is 5.36. The third-order valence-electron chi connectivity index (χ3n) is 2.61. The number of methoxy groups -OCH3 is 1. The number of hydrogen-bond acceptors (Lipinski definition) is 2. The average Bonchev–Trinajstić information content (AvgIpc) is 2.34. The highest BCUT2D eigenvalue weighted by atomic mass is 79.9. The smallest absolute Gasteiger partial charge is 0.254 e. The maximum Gasteiger partial charge on any atom is 0.254 e. The molecule has 0 aromatic heterocycles. The Bertz CT molecular complexity index is 423. The average molecular weight is 335 g/mol. The topological polar surface area (TPSA) is 29.5 Å². The van der Waals surface area contributed by atoms with Crippen LogP contribution in [0, 0.1) is 0 Å². The molecule has 100 valence electrons. The molecule has 0 N–H and O–H groups in total. The second-order valence-electron chi connectivity index (χ2n) is 4.13. The Morgan fingerprint density at radius 2 is 2.17 bits per heavy atom. The van der Waals surface area contributed by atoms with Crippen LogP contribution in [0.2, 0.25) is 0 Å². The van der Waals surface area contributed by atoms with E-state index >= 15 is 0 Å². The number of benzene rings is 1. The maximum atomic E-state index is 12.3. The van der Waals surface area contributed by atoms with Crippen molar-refractivity contribution in [3.8, 4) is 5.75 Å². The lowest BCUT2D eigenvalue weighted by molar-refractivity contribution is 0.0718. The van der Waals surface area contributed by atoms with Gasteiger partial charge < -0.3 is 9.64 Å². The van der Waals surface area contributed by atoms with Gasteiger partial charge in [-0.1, -0.05) is 0 Å². The summed E-state index contributed by atoms with van der Waals surface area (Å²) in [6.07, 6.45) is 0. The van der Waals surface area contributed by atoms with Crippen molar-refractivity contribution in [2.24, 2.45) is 0 Å². The van der Waals surface area contributed by atoms with E-state index in [1.54, 1.807) is 30.2 Å². The van der Waals surface area contributed by atoms with Crippen LogP contribution in [0.1, 0.15) is 24.2 Å². The van der Waals surface area contributed by atoms with Crippen LogP contribution >= 0.6 is 27.5 Å². The minimum atomic E-state index is -0.0194. The van der Waals surface area contributed by atoms with Gasteiger partial charge in [0, 0.05) is 24.0 Å². The van der Waals surface area contributed by atoms with Gasteiger partial charge in [-0.2, -0.15) is 0 Å². The lowest BCUT2D eigenvalue weighted by atomic mass is 10.1. The highest BCUT2D eigenvalue weighted by molar-refractivity contribution is 9.10. The number of carbonyl (C=O) groups excluding carboxylic acids is 1. The van der Waals surface area contributed by atoms with Crippen molar-refractivity contribution < 1.29 is 9.53 Å². The van der Waals surface area contributed by atoms with Gasteiger partial charge in [-0.3, -0.25) is 4.79 Å². The first kappa shape index (κ1) is 15.3. The van der Waals surface area contributed by atoms with E-state index in [9.17, 15) is 4.79 Å². The van der Waals surface area contributed by atoms with E-state index < -0.39 is 0 Å². The predicted octanol–water partition coefficient (Wildman–Crippen LogP) is 3.55. The molecule has 0 aliphatic rings. The lowest BCUT2D eigenvalue weighted by Gasteiger charge is -2.26. The fourth-order valence-electron chi connectivity index (χ4n) is 1.65. The quantitative estimate of drug-likeness (QED) is 0.771. The fourth-order valence-corrected chi connectivity index (χ4v) is 2.37. The van der Waals surface area contributed by atoms with E-state index in [0.717, 1.165) is 4.47 Å². The minimum Gasteiger partial charge on any atom is -0.496 e. The van der Waals surface area contributed by atoms with E-state index in [0.29, 0.717) is 23.7 Å². The molecule has 0 spiro atoms. The van der Waals surface area contributed by atoms with Crippen molar-refractivity contribution in [2.75, 3.05) is 19.5 Å². The summed E-state index contributed by atoms with van der Waals surface area (Å²) in [5.74, 6) is 1.12. The molecule has 0 unspecified atom stereocenters. The number of alkyl halides is 1. The number of rotatable bonds is 5. The van der Waals surface area contributed by atoms with Crippen molar-refractivity contribution in [1.29, 1.82) is 0 Å². The molecule has 1 aromatic carbocycles. The second kappa shape index (κ2) is 7.00. The van der Waals surface area contributed by atoms with E-state index in [4.69, 9.17) is 16.3 Å².